The second kappa shape index (κ2) is 12.6. The lowest BCUT2D eigenvalue weighted by Gasteiger charge is -2.33. The molecule has 0 aliphatic heterocycles. The van der Waals surface area contributed by atoms with E-state index in [0.29, 0.717) is 18.1 Å². The van der Waals surface area contributed by atoms with Gasteiger partial charge in [-0.2, -0.15) is 0 Å². The van der Waals surface area contributed by atoms with Crippen molar-refractivity contribution in [1.29, 1.82) is 0 Å². The predicted molar refractivity (Wildman–Crippen MR) is 126 cm³/mol. The topological polar surface area (TPSA) is 39.7 Å². The fourth-order valence-electron chi connectivity index (χ4n) is 3.76. The second-order valence-corrected chi connectivity index (χ2v) is 10.1. The number of hydrogen-bond donors (Lipinski definition) is 1. The van der Waals surface area contributed by atoms with Gasteiger partial charge in [-0.05, 0) is 97.2 Å². The van der Waals surface area contributed by atoms with E-state index in [1.807, 2.05) is 24.3 Å². The molecular formula is C26H45NO3. The molecule has 0 amide bonds. The average molecular weight is 420 g/mol. The molecule has 0 spiro atoms. The summed E-state index contributed by atoms with van der Waals surface area (Å²) in [6.45, 7) is 15.0. The minimum absolute atomic E-state index is 0.0625. The molecule has 1 aliphatic rings. The third kappa shape index (κ3) is 10.2. The van der Waals surface area contributed by atoms with E-state index in [9.17, 15) is 0 Å². The van der Waals surface area contributed by atoms with Crippen molar-refractivity contribution in [2.75, 3.05) is 13.2 Å². The monoisotopic (exact) mass is 419 g/mol. The van der Waals surface area contributed by atoms with Gasteiger partial charge < -0.3 is 19.5 Å². The third-order valence-corrected chi connectivity index (χ3v) is 5.81. The Morgan fingerprint density at radius 1 is 0.933 bits per heavy atom. The molecule has 4 nitrogen and oxygen atoms in total. The van der Waals surface area contributed by atoms with Gasteiger partial charge in [-0.25, -0.2) is 0 Å². The molecule has 1 N–H and O–H groups in total. The smallest absolute Gasteiger partial charge is 0.123 e. The van der Waals surface area contributed by atoms with Gasteiger partial charge in [0.05, 0.1) is 24.4 Å². The maximum atomic E-state index is 6.23. The standard InChI is InChI=1S/C26H45NO3/c1-20(2)21(3)27-17-8-7-9-18-28-24-11-10-12-25(19-24)29-22-13-15-23(16-14-22)30-26(4,5)6/h10-12,19-23,27H,7-9,13-18H2,1-6H3/t21-,22?,23?/m0/s1. The molecule has 0 bridgehead atoms. The summed E-state index contributed by atoms with van der Waals surface area (Å²) < 4.78 is 18.3. The van der Waals surface area contributed by atoms with Crippen LogP contribution in [-0.2, 0) is 4.74 Å². The molecule has 0 unspecified atom stereocenters. The average Bonchev–Trinajstić information content (AvgIpc) is 2.67. The summed E-state index contributed by atoms with van der Waals surface area (Å²) >= 11 is 0. The van der Waals surface area contributed by atoms with E-state index in [2.05, 4.69) is 46.9 Å². The predicted octanol–water partition coefficient (Wildman–Crippen LogP) is 6.37. The van der Waals surface area contributed by atoms with Crippen LogP contribution in [0.25, 0.3) is 0 Å². The molecule has 4 heteroatoms. The van der Waals surface area contributed by atoms with Crippen molar-refractivity contribution in [3.05, 3.63) is 24.3 Å². The highest BCUT2D eigenvalue weighted by atomic mass is 16.5. The van der Waals surface area contributed by atoms with Gasteiger partial charge in [0.2, 0.25) is 0 Å². The number of hydrogen-bond acceptors (Lipinski definition) is 4. The van der Waals surface area contributed by atoms with Gasteiger partial charge in [-0.3, -0.25) is 0 Å². The Bertz CT molecular complexity index is 588. The van der Waals surface area contributed by atoms with Crippen molar-refractivity contribution in [2.45, 2.75) is 110 Å². The van der Waals surface area contributed by atoms with Gasteiger partial charge in [0, 0.05) is 12.1 Å². The maximum absolute atomic E-state index is 6.23. The lowest BCUT2D eigenvalue weighted by atomic mass is 9.94. The van der Waals surface area contributed by atoms with Crippen LogP contribution in [0.3, 0.4) is 0 Å². The van der Waals surface area contributed by atoms with E-state index in [1.54, 1.807) is 0 Å². The highest BCUT2D eigenvalue weighted by molar-refractivity contribution is 5.33. The van der Waals surface area contributed by atoms with Crippen LogP contribution in [0.2, 0.25) is 0 Å². The van der Waals surface area contributed by atoms with Crippen LogP contribution in [0.1, 0.15) is 86.5 Å². The maximum Gasteiger partial charge on any atom is 0.123 e. The van der Waals surface area contributed by atoms with Gasteiger partial charge in [-0.15, -0.1) is 0 Å². The highest BCUT2D eigenvalue weighted by Gasteiger charge is 2.26. The molecule has 1 aromatic rings. The zero-order chi connectivity index (χ0) is 22.0. The molecule has 0 radical (unpaired) electrons. The zero-order valence-corrected chi connectivity index (χ0v) is 20.2. The Hall–Kier alpha value is -1.26. The summed E-state index contributed by atoms with van der Waals surface area (Å²) in [5.74, 6) is 2.51. The molecule has 1 fully saturated rings. The minimum Gasteiger partial charge on any atom is -0.493 e. The number of unbranched alkanes of at least 4 members (excludes halogenated alkanes) is 2. The molecule has 2 rings (SSSR count). The molecule has 1 saturated carbocycles. The van der Waals surface area contributed by atoms with Crippen molar-refractivity contribution in [2.24, 2.45) is 5.92 Å². The van der Waals surface area contributed by atoms with Crippen molar-refractivity contribution in [3.8, 4) is 11.5 Å². The fourth-order valence-corrected chi connectivity index (χ4v) is 3.76. The van der Waals surface area contributed by atoms with Gasteiger partial charge in [0.25, 0.3) is 0 Å². The summed E-state index contributed by atoms with van der Waals surface area (Å²) in [5, 5.41) is 3.59. The van der Waals surface area contributed by atoms with E-state index >= 15 is 0 Å². The first kappa shape index (κ1) is 25.0. The van der Waals surface area contributed by atoms with Crippen LogP contribution in [0.4, 0.5) is 0 Å². The Labute approximate surface area is 185 Å². The molecule has 30 heavy (non-hydrogen) atoms. The van der Waals surface area contributed by atoms with Crippen molar-refractivity contribution in [3.63, 3.8) is 0 Å². The zero-order valence-electron chi connectivity index (χ0n) is 20.2. The molecule has 1 atom stereocenters. The largest absolute Gasteiger partial charge is 0.493 e. The molecule has 0 heterocycles. The van der Waals surface area contributed by atoms with Crippen LogP contribution < -0.4 is 14.8 Å². The van der Waals surface area contributed by atoms with E-state index in [-0.39, 0.29) is 11.7 Å². The van der Waals surface area contributed by atoms with Gasteiger partial charge in [0.1, 0.15) is 11.5 Å². The summed E-state index contributed by atoms with van der Waals surface area (Å²) in [7, 11) is 0. The number of benzene rings is 1. The summed E-state index contributed by atoms with van der Waals surface area (Å²) in [5.41, 5.74) is -0.0625. The van der Waals surface area contributed by atoms with Crippen LogP contribution in [0.15, 0.2) is 24.3 Å². The highest BCUT2D eigenvalue weighted by Crippen LogP contribution is 2.29. The fraction of sp³-hybridized carbons (Fsp3) is 0.769. The Morgan fingerprint density at radius 2 is 1.60 bits per heavy atom. The summed E-state index contributed by atoms with van der Waals surface area (Å²) in [4.78, 5) is 0. The van der Waals surface area contributed by atoms with Gasteiger partial charge >= 0.3 is 0 Å². The van der Waals surface area contributed by atoms with Gasteiger partial charge in [-0.1, -0.05) is 19.9 Å². The van der Waals surface area contributed by atoms with E-state index in [0.717, 1.165) is 56.8 Å². The Morgan fingerprint density at radius 3 is 2.27 bits per heavy atom. The summed E-state index contributed by atoms with van der Waals surface area (Å²) in [6, 6.07) is 8.70. The third-order valence-electron chi connectivity index (χ3n) is 5.81. The second-order valence-electron chi connectivity index (χ2n) is 10.1. The van der Waals surface area contributed by atoms with Crippen molar-refractivity contribution < 1.29 is 14.2 Å². The van der Waals surface area contributed by atoms with Crippen LogP contribution in [-0.4, -0.2) is 37.0 Å². The minimum atomic E-state index is -0.0625. The lowest BCUT2D eigenvalue weighted by Crippen LogP contribution is -2.33. The normalized spacial score (nSPS) is 20.9. The van der Waals surface area contributed by atoms with E-state index < -0.39 is 0 Å². The molecule has 0 aromatic heterocycles. The van der Waals surface area contributed by atoms with Gasteiger partial charge in [0.15, 0.2) is 0 Å². The Balaban J connectivity index is 1.62. The molecule has 1 aromatic carbocycles. The van der Waals surface area contributed by atoms with Crippen molar-refractivity contribution >= 4 is 0 Å². The molecule has 1 aliphatic carbocycles. The van der Waals surface area contributed by atoms with Crippen molar-refractivity contribution in [1.82, 2.24) is 5.32 Å². The van der Waals surface area contributed by atoms with Crippen LogP contribution >= 0.6 is 0 Å². The summed E-state index contributed by atoms with van der Waals surface area (Å²) in [6.07, 6.45) is 8.36. The molecule has 172 valence electrons. The number of ether oxygens (including phenoxy) is 3. The van der Waals surface area contributed by atoms with Crippen LogP contribution in [0.5, 0.6) is 11.5 Å². The number of rotatable bonds is 12. The Kier molecular flexibility index (Phi) is 10.5. The van der Waals surface area contributed by atoms with E-state index in [4.69, 9.17) is 14.2 Å². The van der Waals surface area contributed by atoms with E-state index in [1.165, 1.54) is 12.8 Å². The first-order valence-corrected chi connectivity index (χ1v) is 12.0. The number of nitrogens with one attached hydrogen (secondary N) is 1. The lowest BCUT2D eigenvalue weighted by molar-refractivity contribution is -0.0832. The molecule has 0 saturated heterocycles. The van der Waals surface area contributed by atoms with Crippen LogP contribution in [0, 0.1) is 5.92 Å². The first-order chi connectivity index (χ1) is 14.2. The SMILES string of the molecule is CC(C)[C@H](C)NCCCCCOc1cccc(OC2CCC(OC(C)(C)C)CC2)c1. The first-order valence-electron chi connectivity index (χ1n) is 12.0. The molecular weight excluding hydrogens is 374 g/mol. The quantitative estimate of drug-likeness (QED) is 0.399.